The number of rotatable bonds is 5. The molecule has 120 valence electrons. The molecule has 1 aromatic rings. The second kappa shape index (κ2) is 7.22. The molecular weight excluding hydrogens is 293 g/mol. The molecule has 1 aliphatic rings. The topological polar surface area (TPSA) is 76.1 Å². The Labute approximate surface area is 127 Å². The fourth-order valence-corrected chi connectivity index (χ4v) is 2.26. The van der Waals surface area contributed by atoms with Crippen LogP contribution in [-0.2, 0) is 14.3 Å². The number of carboxylic acids is 1. The van der Waals surface area contributed by atoms with E-state index in [1.165, 1.54) is 23.1 Å². The number of para-hydroxylation sites is 1. The molecule has 0 bridgehead atoms. The Hall–Kier alpha value is -2.15. The molecule has 2 rings (SSSR count). The highest BCUT2D eigenvalue weighted by Gasteiger charge is 2.36. The van der Waals surface area contributed by atoms with Crippen molar-refractivity contribution in [3.05, 3.63) is 30.1 Å². The van der Waals surface area contributed by atoms with E-state index in [-0.39, 0.29) is 25.5 Å². The van der Waals surface area contributed by atoms with Crippen LogP contribution in [0.3, 0.4) is 0 Å². The van der Waals surface area contributed by atoms with Crippen LogP contribution in [0.15, 0.2) is 24.3 Å². The zero-order chi connectivity index (χ0) is 16.1. The van der Waals surface area contributed by atoms with Crippen molar-refractivity contribution in [2.45, 2.75) is 25.5 Å². The molecule has 1 heterocycles. The van der Waals surface area contributed by atoms with Gasteiger partial charge in [-0.1, -0.05) is 19.1 Å². The zero-order valence-electron chi connectivity index (χ0n) is 12.2. The molecular formula is C15H18FNO5. The van der Waals surface area contributed by atoms with Crippen LogP contribution in [0.25, 0.3) is 0 Å². The van der Waals surface area contributed by atoms with E-state index in [2.05, 4.69) is 0 Å². The van der Waals surface area contributed by atoms with Crippen LogP contribution in [0.2, 0.25) is 0 Å². The fourth-order valence-electron chi connectivity index (χ4n) is 2.26. The summed E-state index contributed by atoms with van der Waals surface area (Å²) in [5, 5.41) is 9.17. The monoisotopic (exact) mass is 311 g/mol. The maximum atomic E-state index is 13.6. The Balaban J connectivity index is 2.14. The number of ether oxygens (including phenoxy) is 2. The average molecular weight is 311 g/mol. The first-order valence-corrected chi connectivity index (χ1v) is 7.06. The molecule has 0 aromatic heterocycles. The van der Waals surface area contributed by atoms with Crippen LogP contribution < -0.4 is 4.74 Å². The van der Waals surface area contributed by atoms with Gasteiger partial charge in [0.15, 0.2) is 23.7 Å². The summed E-state index contributed by atoms with van der Waals surface area (Å²) >= 11 is 0. The summed E-state index contributed by atoms with van der Waals surface area (Å²) in [4.78, 5) is 25.0. The Kier molecular flexibility index (Phi) is 5.32. The molecule has 1 N–H and O–H groups in total. The van der Waals surface area contributed by atoms with Gasteiger partial charge in [-0.2, -0.15) is 0 Å². The first-order chi connectivity index (χ1) is 10.5. The molecule has 1 aliphatic heterocycles. The molecule has 2 unspecified atom stereocenters. The first-order valence-electron chi connectivity index (χ1n) is 7.06. The van der Waals surface area contributed by atoms with E-state index in [0.29, 0.717) is 6.42 Å². The lowest BCUT2D eigenvalue weighted by Gasteiger charge is -2.35. The number of carbonyl (C=O) groups is 2. The van der Waals surface area contributed by atoms with E-state index >= 15 is 0 Å². The number of nitrogens with zero attached hydrogens (tertiary/aromatic N) is 1. The minimum absolute atomic E-state index is 0.0252. The van der Waals surface area contributed by atoms with Gasteiger partial charge in [-0.15, -0.1) is 0 Å². The SMILES string of the molecule is CCC(Oc1ccccc1F)C(=O)N1CCOCC1C(=O)O. The highest BCUT2D eigenvalue weighted by molar-refractivity contribution is 5.87. The summed E-state index contributed by atoms with van der Waals surface area (Å²) < 4.78 is 24.2. The number of hydrogen-bond acceptors (Lipinski definition) is 4. The maximum Gasteiger partial charge on any atom is 0.328 e. The minimum Gasteiger partial charge on any atom is -0.480 e. The van der Waals surface area contributed by atoms with Gasteiger partial charge in [0, 0.05) is 6.54 Å². The van der Waals surface area contributed by atoms with Gasteiger partial charge in [-0.05, 0) is 18.6 Å². The lowest BCUT2D eigenvalue weighted by atomic mass is 10.1. The van der Waals surface area contributed by atoms with Crippen LogP contribution in [0.5, 0.6) is 5.75 Å². The maximum absolute atomic E-state index is 13.6. The molecule has 1 saturated heterocycles. The quantitative estimate of drug-likeness (QED) is 0.887. The molecule has 2 atom stereocenters. The summed E-state index contributed by atoms with van der Waals surface area (Å²) in [5.41, 5.74) is 0. The molecule has 0 aliphatic carbocycles. The smallest absolute Gasteiger partial charge is 0.328 e. The molecule has 0 radical (unpaired) electrons. The number of aliphatic carboxylic acids is 1. The number of benzene rings is 1. The van der Waals surface area contributed by atoms with Gasteiger partial charge in [0.25, 0.3) is 5.91 Å². The number of amides is 1. The van der Waals surface area contributed by atoms with Crippen molar-refractivity contribution in [3.63, 3.8) is 0 Å². The van der Waals surface area contributed by atoms with E-state index < -0.39 is 29.8 Å². The Morgan fingerprint density at radius 3 is 2.86 bits per heavy atom. The first kappa shape index (κ1) is 16.2. The molecule has 6 nitrogen and oxygen atoms in total. The van der Waals surface area contributed by atoms with Crippen molar-refractivity contribution in [2.24, 2.45) is 0 Å². The van der Waals surface area contributed by atoms with Crippen molar-refractivity contribution in [1.29, 1.82) is 0 Å². The summed E-state index contributed by atoms with van der Waals surface area (Å²) in [5.74, 6) is -2.19. The van der Waals surface area contributed by atoms with Crippen LogP contribution in [0, 0.1) is 5.82 Å². The predicted molar refractivity (Wildman–Crippen MR) is 75.1 cm³/mol. The van der Waals surface area contributed by atoms with E-state index in [1.54, 1.807) is 13.0 Å². The van der Waals surface area contributed by atoms with Gasteiger partial charge in [0.1, 0.15) is 0 Å². The highest BCUT2D eigenvalue weighted by atomic mass is 19.1. The van der Waals surface area contributed by atoms with Crippen LogP contribution in [0.1, 0.15) is 13.3 Å². The average Bonchev–Trinajstić information content (AvgIpc) is 2.53. The zero-order valence-corrected chi connectivity index (χ0v) is 12.2. The van der Waals surface area contributed by atoms with Crippen molar-refractivity contribution in [2.75, 3.05) is 19.8 Å². The summed E-state index contributed by atoms with van der Waals surface area (Å²) in [6.07, 6.45) is -0.631. The van der Waals surface area contributed by atoms with Crippen molar-refractivity contribution < 1.29 is 28.6 Å². The van der Waals surface area contributed by atoms with Crippen molar-refractivity contribution in [1.82, 2.24) is 4.90 Å². The van der Waals surface area contributed by atoms with Gasteiger partial charge in [0.05, 0.1) is 13.2 Å². The summed E-state index contributed by atoms with van der Waals surface area (Å²) in [6, 6.07) is 4.75. The summed E-state index contributed by atoms with van der Waals surface area (Å²) in [6.45, 7) is 2.11. The van der Waals surface area contributed by atoms with Gasteiger partial charge < -0.3 is 19.5 Å². The molecule has 1 amide bonds. The number of carbonyl (C=O) groups excluding carboxylic acids is 1. The number of halogens is 1. The fraction of sp³-hybridized carbons (Fsp3) is 0.467. The highest BCUT2D eigenvalue weighted by Crippen LogP contribution is 2.20. The lowest BCUT2D eigenvalue weighted by Crippen LogP contribution is -2.56. The van der Waals surface area contributed by atoms with E-state index in [0.717, 1.165) is 0 Å². The van der Waals surface area contributed by atoms with Crippen molar-refractivity contribution >= 4 is 11.9 Å². The Morgan fingerprint density at radius 2 is 2.23 bits per heavy atom. The van der Waals surface area contributed by atoms with Crippen LogP contribution >= 0.6 is 0 Å². The number of carboxylic acid groups (broad SMARTS) is 1. The molecule has 0 spiro atoms. The second-order valence-corrected chi connectivity index (χ2v) is 4.91. The third kappa shape index (κ3) is 3.54. The van der Waals surface area contributed by atoms with E-state index in [9.17, 15) is 19.1 Å². The normalized spacial score (nSPS) is 19.5. The summed E-state index contributed by atoms with van der Waals surface area (Å²) in [7, 11) is 0. The standard InChI is InChI=1S/C15H18FNO5/c1-2-12(22-13-6-4-3-5-10(13)16)14(18)17-7-8-21-9-11(17)15(19)20/h3-6,11-12H,2,7-9H2,1H3,(H,19,20). The molecule has 1 fully saturated rings. The lowest BCUT2D eigenvalue weighted by molar-refractivity contribution is -0.161. The van der Waals surface area contributed by atoms with Gasteiger partial charge in [-0.3, -0.25) is 4.79 Å². The largest absolute Gasteiger partial charge is 0.480 e. The van der Waals surface area contributed by atoms with E-state index in [1.807, 2.05) is 0 Å². The van der Waals surface area contributed by atoms with Gasteiger partial charge in [-0.25, -0.2) is 9.18 Å². The third-order valence-electron chi connectivity index (χ3n) is 3.45. The molecule has 22 heavy (non-hydrogen) atoms. The van der Waals surface area contributed by atoms with E-state index in [4.69, 9.17) is 9.47 Å². The minimum atomic E-state index is -1.13. The molecule has 0 saturated carbocycles. The van der Waals surface area contributed by atoms with Crippen molar-refractivity contribution in [3.8, 4) is 5.75 Å². The predicted octanol–water partition coefficient (Wildman–Crippen LogP) is 1.30. The van der Waals surface area contributed by atoms with Crippen LogP contribution in [0.4, 0.5) is 4.39 Å². The van der Waals surface area contributed by atoms with Crippen LogP contribution in [-0.4, -0.2) is 53.8 Å². The molecule has 1 aromatic carbocycles. The molecule has 7 heteroatoms. The van der Waals surface area contributed by atoms with Gasteiger partial charge >= 0.3 is 5.97 Å². The van der Waals surface area contributed by atoms with Gasteiger partial charge in [0.2, 0.25) is 0 Å². The second-order valence-electron chi connectivity index (χ2n) is 4.91. The number of morpholine rings is 1. The third-order valence-corrected chi connectivity index (χ3v) is 3.45. The Bertz CT molecular complexity index is 550. The Morgan fingerprint density at radius 1 is 1.50 bits per heavy atom. The number of hydrogen-bond donors (Lipinski definition) is 1.